The second kappa shape index (κ2) is 13.3. The van der Waals surface area contributed by atoms with Crippen molar-refractivity contribution in [2.24, 2.45) is 0 Å². The number of ether oxygens (including phenoxy) is 2. The molecule has 0 saturated carbocycles. The van der Waals surface area contributed by atoms with E-state index in [1.807, 2.05) is 44.2 Å². The van der Waals surface area contributed by atoms with Gasteiger partial charge >= 0.3 is 0 Å². The molecule has 0 aliphatic carbocycles. The van der Waals surface area contributed by atoms with E-state index in [0.29, 0.717) is 49.8 Å². The Morgan fingerprint density at radius 2 is 1.73 bits per heavy atom. The van der Waals surface area contributed by atoms with Gasteiger partial charge in [0.05, 0.1) is 11.9 Å². The quantitative estimate of drug-likeness (QED) is 0.399. The topological polar surface area (TPSA) is 105 Å². The van der Waals surface area contributed by atoms with Crippen molar-refractivity contribution in [3.05, 3.63) is 54.1 Å². The first-order chi connectivity index (χ1) is 17.7. The number of carbonyl (C=O) groups is 2. The number of amides is 2. The van der Waals surface area contributed by atoms with Crippen LogP contribution >= 0.6 is 0 Å². The summed E-state index contributed by atoms with van der Waals surface area (Å²) in [7, 11) is -3.82. The molecule has 1 aliphatic rings. The summed E-state index contributed by atoms with van der Waals surface area (Å²) in [5, 5.41) is 2.92. The number of unbranched alkanes of at least 4 members (excludes halogenated alkanes) is 1. The first-order valence-corrected chi connectivity index (χ1v) is 14.6. The van der Waals surface area contributed by atoms with Gasteiger partial charge in [0.1, 0.15) is 25.8 Å². The van der Waals surface area contributed by atoms with Crippen LogP contribution in [0.1, 0.15) is 38.7 Å². The average molecular weight is 532 g/mol. The third-order valence-electron chi connectivity index (χ3n) is 6.19. The summed E-state index contributed by atoms with van der Waals surface area (Å²) in [5.74, 6) is 0.262. The lowest BCUT2D eigenvalue weighted by Crippen LogP contribution is -2.53. The van der Waals surface area contributed by atoms with Gasteiger partial charge in [-0.3, -0.25) is 13.9 Å². The van der Waals surface area contributed by atoms with Crippen LogP contribution in [0.5, 0.6) is 11.5 Å². The van der Waals surface area contributed by atoms with Gasteiger partial charge in [0.15, 0.2) is 11.5 Å². The van der Waals surface area contributed by atoms with Crippen LogP contribution in [0.2, 0.25) is 0 Å². The molecule has 0 unspecified atom stereocenters. The minimum atomic E-state index is -3.82. The first-order valence-electron chi connectivity index (χ1n) is 12.7. The number of fused-ring (bicyclic) bond motifs is 1. The highest BCUT2D eigenvalue weighted by atomic mass is 32.2. The first kappa shape index (κ1) is 28.3. The summed E-state index contributed by atoms with van der Waals surface area (Å²) in [4.78, 5) is 28.3. The van der Waals surface area contributed by atoms with E-state index in [-0.39, 0.29) is 12.5 Å². The summed E-state index contributed by atoms with van der Waals surface area (Å²) < 4.78 is 37.8. The van der Waals surface area contributed by atoms with Crippen LogP contribution in [0.25, 0.3) is 0 Å². The molecule has 1 heterocycles. The van der Waals surface area contributed by atoms with E-state index >= 15 is 0 Å². The predicted molar refractivity (Wildman–Crippen MR) is 143 cm³/mol. The zero-order chi connectivity index (χ0) is 26.8. The molecule has 0 saturated heterocycles. The number of hydrogen-bond donors (Lipinski definition) is 1. The van der Waals surface area contributed by atoms with E-state index in [1.165, 1.54) is 4.90 Å². The fourth-order valence-electron chi connectivity index (χ4n) is 4.20. The smallest absolute Gasteiger partial charge is 0.244 e. The third-order valence-corrected chi connectivity index (χ3v) is 7.33. The van der Waals surface area contributed by atoms with Crippen LogP contribution < -0.4 is 19.1 Å². The molecule has 10 heteroatoms. The number of anilines is 1. The van der Waals surface area contributed by atoms with Crippen LogP contribution in [-0.4, -0.2) is 70.3 Å². The highest BCUT2D eigenvalue weighted by molar-refractivity contribution is 7.92. The maximum absolute atomic E-state index is 13.7. The number of sulfonamides is 1. The fraction of sp³-hybridized carbons (Fsp3) is 0.481. The molecule has 0 radical (unpaired) electrons. The Bertz CT molecular complexity index is 1160. The van der Waals surface area contributed by atoms with Crippen molar-refractivity contribution < 1.29 is 27.5 Å². The largest absolute Gasteiger partial charge is 0.486 e. The lowest BCUT2D eigenvalue weighted by molar-refractivity contribution is -0.139. The van der Waals surface area contributed by atoms with Gasteiger partial charge in [-0.1, -0.05) is 50.6 Å². The molecular weight excluding hydrogens is 494 g/mol. The normalized spacial score (nSPS) is 13.5. The summed E-state index contributed by atoms with van der Waals surface area (Å²) >= 11 is 0. The SMILES string of the molecule is CCCCNC(=O)[C@@H](CC)N(CCc1ccccc1)C(=O)CN(c1ccc2c(c1)OCCO2)S(C)(=O)=O. The van der Waals surface area contributed by atoms with Crippen LogP contribution in [0.3, 0.4) is 0 Å². The van der Waals surface area contributed by atoms with Crippen LogP contribution in [0, 0.1) is 0 Å². The highest BCUT2D eigenvalue weighted by Gasteiger charge is 2.31. The van der Waals surface area contributed by atoms with Gasteiger partial charge in [-0.05, 0) is 37.0 Å². The Morgan fingerprint density at radius 1 is 1.03 bits per heavy atom. The van der Waals surface area contributed by atoms with Crippen molar-refractivity contribution in [2.45, 2.75) is 45.6 Å². The Hall–Kier alpha value is -3.27. The molecule has 9 nitrogen and oxygen atoms in total. The number of hydrogen-bond acceptors (Lipinski definition) is 6. The van der Waals surface area contributed by atoms with Crippen molar-refractivity contribution in [1.82, 2.24) is 10.2 Å². The average Bonchev–Trinajstić information content (AvgIpc) is 2.89. The Balaban J connectivity index is 1.87. The zero-order valence-electron chi connectivity index (χ0n) is 21.8. The number of nitrogens with zero attached hydrogens (tertiary/aromatic N) is 2. The van der Waals surface area contributed by atoms with Gasteiger partial charge in [-0.25, -0.2) is 8.42 Å². The van der Waals surface area contributed by atoms with Gasteiger partial charge in [0.2, 0.25) is 21.8 Å². The number of rotatable bonds is 13. The molecule has 2 amide bonds. The highest BCUT2D eigenvalue weighted by Crippen LogP contribution is 2.34. The molecule has 1 aliphatic heterocycles. The molecule has 1 N–H and O–H groups in total. The molecule has 2 aromatic rings. The van der Waals surface area contributed by atoms with Gasteiger partial charge in [0, 0.05) is 19.2 Å². The Kier molecular flexibility index (Phi) is 10.2. The van der Waals surface area contributed by atoms with E-state index in [0.717, 1.165) is 29.0 Å². The molecule has 0 bridgehead atoms. The maximum Gasteiger partial charge on any atom is 0.244 e. The Morgan fingerprint density at radius 3 is 2.38 bits per heavy atom. The van der Waals surface area contributed by atoms with E-state index < -0.39 is 28.5 Å². The maximum atomic E-state index is 13.7. The van der Waals surface area contributed by atoms with Crippen molar-refractivity contribution in [2.75, 3.05) is 43.4 Å². The van der Waals surface area contributed by atoms with Crippen molar-refractivity contribution in [3.8, 4) is 11.5 Å². The molecular formula is C27H37N3O6S. The molecule has 3 rings (SSSR count). The minimum absolute atomic E-state index is 0.234. The minimum Gasteiger partial charge on any atom is -0.486 e. The van der Waals surface area contributed by atoms with Crippen LogP contribution in [0.15, 0.2) is 48.5 Å². The van der Waals surface area contributed by atoms with E-state index in [2.05, 4.69) is 5.32 Å². The van der Waals surface area contributed by atoms with Crippen LogP contribution in [0.4, 0.5) is 5.69 Å². The monoisotopic (exact) mass is 531 g/mol. The van der Waals surface area contributed by atoms with Gasteiger partial charge in [-0.2, -0.15) is 0 Å². The van der Waals surface area contributed by atoms with Gasteiger partial charge in [0.25, 0.3) is 0 Å². The zero-order valence-corrected chi connectivity index (χ0v) is 22.6. The Labute approximate surface area is 219 Å². The van der Waals surface area contributed by atoms with E-state index in [4.69, 9.17) is 9.47 Å². The molecule has 0 aromatic heterocycles. The third kappa shape index (κ3) is 7.85. The molecule has 2 aromatic carbocycles. The lowest BCUT2D eigenvalue weighted by atomic mass is 10.1. The molecule has 1 atom stereocenters. The number of carbonyl (C=O) groups excluding carboxylic acids is 2. The van der Waals surface area contributed by atoms with E-state index in [1.54, 1.807) is 18.2 Å². The summed E-state index contributed by atoms with van der Waals surface area (Å²) in [6.07, 6.45) is 3.77. The standard InChI is InChI=1S/C27H37N3O6S/c1-4-6-15-28-27(32)23(5-2)29(16-14-21-10-8-7-9-11-21)26(31)20-30(37(3,33)34)22-12-13-24-25(19-22)36-18-17-35-24/h7-13,19,23H,4-6,14-18,20H2,1-3H3,(H,28,32)/t23-/m1/s1. The second-order valence-electron chi connectivity index (χ2n) is 8.99. The summed E-state index contributed by atoms with van der Waals surface area (Å²) in [6, 6.07) is 13.8. The molecule has 37 heavy (non-hydrogen) atoms. The summed E-state index contributed by atoms with van der Waals surface area (Å²) in [5.41, 5.74) is 1.32. The molecule has 0 fully saturated rings. The van der Waals surface area contributed by atoms with Crippen molar-refractivity contribution >= 4 is 27.5 Å². The van der Waals surface area contributed by atoms with Gasteiger partial charge in [-0.15, -0.1) is 0 Å². The lowest BCUT2D eigenvalue weighted by Gasteiger charge is -2.33. The molecule has 0 spiro atoms. The predicted octanol–water partition coefficient (Wildman–Crippen LogP) is 2.99. The fourth-order valence-corrected chi connectivity index (χ4v) is 5.04. The van der Waals surface area contributed by atoms with Crippen LogP contribution in [-0.2, 0) is 26.0 Å². The summed E-state index contributed by atoms with van der Waals surface area (Å²) in [6.45, 7) is 5.02. The van der Waals surface area contributed by atoms with Crippen molar-refractivity contribution in [1.29, 1.82) is 0 Å². The number of nitrogens with one attached hydrogen (secondary N) is 1. The molecule has 202 valence electrons. The number of benzene rings is 2. The second-order valence-corrected chi connectivity index (χ2v) is 10.9. The van der Waals surface area contributed by atoms with Gasteiger partial charge < -0.3 is 19.7 Å². The van der Waals surface area contributed by atoms with E-state index in [9.17, 15) is 18.0 Å². The van der Waals surface area contributed by atoms with Crippen molar-refractivity contribution in [3.63, 3.8) is 0 Å².